The van der Waals surface area contributed by atoms with Crippen molar-refractivity contribution in [2.75, 3.05) is 6.54 Å². The van der Waals surface area contributed by atoms with Crippen LogP contribution in [0.1, 0.15) is 17.3 Å². The van der Waals surface area contributed by atoms with E-state index in [0.717, 1.165) is 35.7 Å². The Morgan fingerprint density at radius 3 is 2.95 bits per heavy atom. The van der Waals surface area contributed by atoms with Gasteiger partial charge in [-0.2, -0.15) is 5.26 Å². The molecule has 5 nitrogen and oxygen atoms in total. The lowest BCUT2D eigenvalue weighted by molar-refractivity contribution is 0.468. The number of para-hydroxylation sites is 2. The third kappa shape index (κ3) is 2.81. The highest BCUT2D eigenvalue weighted by Crippen LogP contribution is 2.14. The first kappa shape index (κ1) is 13.4. The molecule has 0 aliphatic rings. The van der Waals surface area contributed by atoms with Crippen molar-refractivity contribution >= 4 is 11.0 Å². The van der Waals surface area contributed by atoms with Crippen LogP contribution in [-0.4, -0.2) is 16.1 Å². The topological polar surface area (TPSA) is 66.8 Å². The molecule has 0 bridgehead atoms. The van der Waals surface area contributed by atoms with E-state index < -0.39 is 0 Å². The van der Waals surface area contributed by atoms with E-state index >= 15 is 0 Å². The summed E-state index contributed by atoms with van der Waals surface area (Å²) in [4.78, 5) is 4.55. The molecule has 5 heteroatoms. The van der Waals surface area contributed by atoms with Crippen molar-refractivity contribution in [3.63, 3.8) is 0 Å². The third-order valence-corrected chi connectivity index (χ3v) is 3.43. The minimum absolute atomic E-state index is 0.350. The summed E-state index contributed by atoms with van der Waals surface area (Å²) in [6, 6.07) is 13.6. The summed E-state index contributed by atoms with van der Waals surface area (Å²) >= 11 is 0. The normalized spacial score (nSPS) is 10.9. The van der Waals surface area contributed by atoms with Crippen LogP contribution in [0, 0.1) is 18.3 Å². The van der Waals surface area contributed by atoms with E-state index in [4.69, 9.17) is 9.68 Å². The van der Waals surface area contributed by atoms with Gasteiger partial charge in [0.25, 0.3) is 0 Å². The molecule has 0 spiro atoms. The van der Waals surface area contributed by atoms with Crippen LogP contribution >= 0.6 is 0 Å². The van der Waals surface area contributed by atoms with Crippen LogP contribution in [0.4, 0.5) is 0 Å². The molecule has 3 aromatic rings. The Morgan fingerprint density at radius 2 is 2.14 bits per heavy atom. The molecule has 0 radical (unpaired) electrons. The summed E-state index contributed by atoms with van der Waals surface area (Å²) in [7, 11) is 0. The van der Waals surface area contributed by atoms with Gasteiger partial charge >= 0.3 is 0 Å². The van der Waals surface area contributed by atoms with Crippen LogP contribution in [-0.2, 0) is 13.1 Å². The van der Waals surface area contributed by atoms with Crippen LogP contribution in [0.5, 0.6) is 0 Å². The van der Waals surface area contributed by atoms with Crippen molar-refractivity contribution in [2.45, 2.75) is 20.0 Å². The van der Waals surface area contributed by atoms with E-state index in [9.17, 15) is 0 Å². The number of hydrogen-bond donors (Lipinski definition) is 1. The Morgan fingerprint density at radius 1 is 1.29 bits per heavy atom. The van der Waals surface area contributed by atoms with Gasteiger partial charge in [-0.25, -0.2) is 4.98 Å². The van der Waals surface area contributed by atoms with Crippen LogP contribution in [0.2, 0.25) is 0 Å². The van der Waals surface area contributed by atoms with Crippen molar-refractivity contribution < 1.29 is 4.42 Å². The van der Waals surface area contributed by atoms with Crippen molar-refractivity contribution in [1.82, 2.24) is 14.9 Å². The largest absolute Gasteiger partial charge is 0.449 e. The molecule has 2 aromatic heterocycles. The number of nitrogens with one attached hydrogen (secondary N) is 1. The van der Waals surface area contributed by atoms with Crippen LogP contribution < -0.4 is 5.32 Å². The van der Waals surface area contributed by atoms with Crippen LogP contribution in [0.15, 0.2) is 40.8 Å². The molecule has 0 fully saturated rings. The highest BCUT2D eigenvalue weighted by atomic mass is 16.3. The highest BCUT2D eigenvalue weighted by molar-refractivity contribution is 5.75. The number of benzene rings is 1. The number of imidazole rings is 1. The molecular formula is C16H16N4O. The van der Waals surface area contributed by atoms with Gasteiger partial charge in [0.05, 0.1) is 17.6 Å². The van der Waals surface area contributed by atoms with Crippen molar-refractivity contribution in [2.24, 2.45) is 0 Å². The van der Waals surface area contributed by atoms with E-state index in [-0.39, 0.29) is 0 Å². The summed E-state index contributed by atoms with van der Waals surface area (Å²) in [5.74, 6) is 2.14. The molecular weight excluding hydrogens is 264 g/mol. The number of nitrogens with zero attached hydrogens (tertiary/aromatic N) is 3. The van der Waals surface area contributed by atoms with Gasteiger partial charge in [-0.1, -0.05) is 12.1 Å². The lowest BCUT2D eigenvalue weighted by Crippen LogP contribution is -2.19. The van der Waals surface area contributed by atoms with E-state index in [1.165, 1.54) is 0 Å². The molecule has 0 saturated carbocycles. The second kappa shape index (κ2) is 5.81. The Hall–Kier alpha value is -2.58. The Balaban J connectivity index is 1.59. The smallest absolute Gasteiger partial charge is 0.203 e. The van der Waals surface area contributed by atoms with Crippen molar-refractivity contribution in [3.8, 4) is 6.07 Å². The van der Waals surface area contributed by atoms with Gasteiger partial charge in [0.1, 0.15) is 17.7 Å². The zero-order chi connectivity index (χ0) is 14.7. The fraction of sp³-hybridized carbons (Fsp3) is 0.250. The van der Waals surface area contributed by atoms with Gasteiger partial charge in [0.2, 0.25) is 5.76 Å². The molecule has 0 unspecified atom stereocenters. The first-order chi connectivity index (χ1) is 10.3. The maximum atomic E-state index is 8.70. The van der Waals surface area contributed by atoms with Gasteiger partial charge in [0, 0.05) is 13.1 Å². The fourth-order valence-electron chi connectivity index (χ4n) is 2.41. The summed E-state index contributed by atoms with van der Waals surface area (Å²) in [6.45, 7) is 4.29. The van der Waals surface area contributed by atoms with Gasteiger partial charge < -0.3 is 14.3 Å². The van der Waals surface area contributed by atoms with E-state index in [0.29, 0.717) is 12.3 Å². The summed E-state index contributed by atoms with van der Waals surface area (Å²) < 4.78 is 7.52. The second-order valence-electron chi connectivity index (χ2n) is 4.85. The van der Waals surface area contributed by atoms with Crippen LogP contribution in [0.3, 0.4) is 0 Å². The molecule has 2 heterocycles. The number of aromatic nitrogens is 2. The number of rotatable bonds is 5. The molecule has 1 N–H and O–H groups in total. The molecule has 0 amide bonds. The molecule has 1 aromatic carbocycles. The third-order valence-electron chi connectivity index (χ3n) is 3.43. The van der Waals surface area contributed by atoms with Gasteiger partial charge in [-0.3, -0.25) is 0 Å². The number of fused-ring (bicyclic) bond motifs is 1. The Labute approximate surface area is 122 Å². The van der Waals surface area contributed by atoms with Gasteiger partial charge in [0.15, 0.2) is 0 Å². The maximum Gasteiger partial charge on any atom is 0.203 e. The number of hydrogen-bond acceptors (Lipinski definition) is 4. The first-order valence-corrected chi connectivity index (χ1v) is 6.89. The standard InChI is InChI=1S/C16H16N4O/c1-12-19-15-4-2-3-5-16(15)20(12)9-8-18-11-14-7-6-13(10-17)21-14/h2-7,18H,8-9,11H2,1H3. The average Bonchev–Trinajstić information content (AvgIpc) is 3.08. The molecule has 0 aliphatic carbocycles. The number of aryl methyl sites for hydroxylation is 1. The van der Waals surface area contributed by atoms with Gasteiger partial charge in [-0.05, 0) is 31.2 Å². The fourth-order valence-corrected chi connectivity index (χ4v) is 2.41. The maximum absolute atomic E-state index is 8.70. The summed E-state index contributed by atoms with van der Waals surface area (Å²) in [5, 5.41) is 12.0. The Kier molecular flexibility index (Phi) is 3.71. The monoisotopic (exact) mass is 280 g/mol. The summed E-state index contributed by atoms with van der Waals surface area (Å²) in [5.41, 5.74) is 2.18. The second-order valence-corrected chi connectivity index (χ2v) is 4.85. The minimum atomic E-state index is 0.350. The predicted octanol–water partition coefficient (Wildman–Crippen LogP) is 2.60. The number of furan rings is 1. The quantitative estimate of drug-likeness (QED) is 0.729. The zero-order valence-electron chi connectivity index (χ0n) is 11.8. The van der Waals surface area contributed by atoms with E-state index in [1.807, 2.05) is 37.3 Å². The lowest BCUT2D eigenvalue weighted by Gasteiger charge is -2.07. The molecule has 3 rings (SSSR count). The van der Waals surface area contributed by atoms with Gasteiger partial charge in [-0.15, -0.1) is 0 Å². The minimum Gasteiger partial charge on any atom is -0.449 e. The molecule has 0 saturated heterocycles. The first-order valence-electron chi connectivity index (χ1n) is 6.89. The molecule has 0 atom stereocenters. The summed E-state index contributed by atoms with van der Waals surface area (Å²) in [6.07, 6.45) is 0. The molecule has 0 aliphatic heterocycles. The number of nitriles is 1. The van der Waals surface area contributed by atoms with Crippen molar-refractivity contribution in [1.29, 1.82) is 5.26 Å². The van der Waals surface area contributed by atoms with Crippen molar-refractivity contribution in [3.05, 3.63) is 53.7 Å². The molecule has 21 heavy (non-hydrogen) atoms. The van der Waals surface area contributed by atoms with E-state index in [1.54, 1.807) is 6.07 Å². The SMILES string of the molecule is Cc1nc2ccccc2n1CCNCc1ccc(C#N)o1. The van der Waals surface area contributed by atoms with E-state index in [2.05, 4.69) is 20.9 Å². The highest BCUT2D eigenvalue weighted by Gasteiger charge is 2.06. The molecule has 106 valence electrons. The average molecular weight is 280 g/mol. The lowest BCUT2D eigenvalue weighted by atomic mass is 10.3. The predicted molar refractivity (Wildman–Crippen MR) is 79.6 cm³/mol. The van der Waals surface area contributed by atoms with Crippen LogP contribution in [0.25, 0.3) is 11.0 Å². The Bertz CT molecular complexity index is 794. The zero-order valence-corrected chi connectivity index (χ0v) is 11.8.